The van der Waals surface area contributed by atoms with Crippen LogP contribution >= 0.6 is 0 Å². The third kappa shape index (κ3) is 1.93. The molecule has 19 heavy (non-hydrogen) atoms. The zero-order valence-corrected chi connectivity index (χ0v) is 11.2. The quantitative estimate of drug-likeness (QED) is 0.473. The van der Waals surface area contributed by atoms with Gasteiger partial charge in [-0.1, -0.05) is 19.1 Å². The summed E-state index contributed by atoms with van der Waals surface area (Å²) in [6, 6.07) is 5.69. The van der Waals surface area contributed by atoms with E-state index in [4.69, 9.17) is 9.47 Å². The van der Waals surface area contributed by atoms with Gasteiger partial charge in [-0.25, -0.2) is 0 Å². The van der Waals surface area contributed by atoms with Crippen molar-refractivity contribution < 1.29 is 19.1 Å². The predicted molar refractivity (Wildman–Crippen MR) is 70.1 cm³/mol. The molecule has 0 fully saturated rings. The maximum Gasteiger partial charge on any atom is 0.303 e. The van der Waals surface area contributed by atoms with E-state index in [0.717, 1.165) is 11.1 Å². The van der Waals surface area contributed by atoms with E-state index in [1.807, 2.05) is 25.1 Å². The Hall–Kier alpha value is -2.10. The molecule has 0 aliphatic heterocycles. The third-order valence-corrected chi connectivity index (χ3v) is 3.51. The van der Waals surface area contributed by atoms with Gasteiger partial charge in [0.2, 0.25) is 0 Å². The number of carbonyl (C=O) groups is 2. The van der Waals surface area contributed by atoms with Gasteiger partial charge in [0.15, 0.2) is 5.60 Å². The minimum atomic E-state index is -0.908. The molecule has 0 unspecified atom stereocenters. The summed E-state index contributed by atoms with van der Waals surface area (Å²) in [6.45, 7) is 3.32. The smallest absolute Gasteiger partial charge is 0.303 e. The normalized spacial score (nSPS) is 24.5. The number of methoxy groups -OCH3 is 1. The van der Waals surface area contributed by atoms with E-state index in [-0.39, 0.29) is 11.9 Å². The molecule has 100 valence electrons. The Bertz CT molecular complexity index is 533. The molecule has 1 aliphatic carbocycles. The van der Waals surface area contributed by atoms with E-state index >= 15 is 0 Å². The molecule has 0 radical (unpaired) electrons. The number of allylic oxidation sites excluding steroid dienone is 1. The number of hydrogen-bond acceptors (Lipinski definition) is 4. The molecule has 4 nitrogen and oxygen atoms in total. The first-order valence-corrected chi connectivity index (χ1v) is 6.06. The van der Waals surface area contributed by atoms with Crippen molar-refractivity contribution in [1.29, 1.82) is 0 Å². The van der Waals surface area contributed by atoms with Crippen molar-refractivity contribution in [3.8, 4) is 5.75 Å². The zero-order chi connectivity index (χ0) is 14.0. The summed E-state index contributed by atoms with van der Waals surface area (Å²) in [5.41, 5.74) is 0.976. The summed E-state index contributed by atoms with van der Waals surface area (Å²) in [6.07, 6.45) is 3.65. The first-order chi connectivity index (χ1) is 9.06. The second-order valence-electron chi connectivity index (χ2n) is 4.53. The Kier molecular flexibility index (Phi) is 3.42. The summed E-state index contributed by atoms with van der Waals surface area (Å²) >= 11 is 0. The topological polar surface area (TPSA) is 52.6 Å². The Labute approximate surface area is 112 Å². The van der Waals surface area contributed by atoms with Crippen LogP contribution in [-0.2, 0) is 19.9 Å². The third-order valence-electron chi connectivity index (χ3n) is 3.51. The maximum absolute atomic E-state index is 11.4. The van der Waals surface area contributed by atoms with Crippen LogP contribution in [0.25, 0.3) is 0 Å². The Balaban J connectivity index is 2.58. The number of hydrogen-bond donors (Lipinski definition) is 0. The predicted octanol–water partition coefficient (Wildman–Crippen LogP) is 2.33. The van der Waals surface area contributed by atoms with Crippen LogP contribution in [0.1, 0.15) is 30.9 Å². The number of carbonyl (C=O) groups excluding carboxylic acids is 2. The van der Waals surface area contributed by atoms with Crippen molar-refractivity contribution in [2.24, 2.45) is 0 Å². The van der Waals surface area contributed by atoms with Crippen LogP contribution in [0.4, 0.5) is 0 Å². The lowest BCUT2D eigenvalue weighted by Gasteiger charge is -2.47. The van der Waals surface area contributed by atoms with Gasteiger partial charge in [-0.15, -0.1) is 0 Å². The number of esters is 1. The molecule has 0 bridgehead atoms. The van der Waals surface area contributed by atoms with E-state index in [0.29, 0.717) is 12.0 Å². The van der Waals surface area contributed by atoms with E-state index < -0.39 is 5.60 Å². The second kappa shape index (κ2) is 4.88. The van der Waals surface area contributed by atoms with Crippen LogP contribution in [0, 0.1) is 0 Å². The number of ether oxygens (including phenoxy) is 2. The fourth-order valence-corrected chi connectivity index (χ4v) is 2.69. The van der Waals surface area contributed by atoms with Crippen molar-refractivity contribution in [2.45, 2.75) is 25.4 Å². The fourth-order valence-electron chi connectivity index (χ4n) is 2.69. The summed E-state index contributed by atoms with van der Waals surface area (Å²) in [7, 11) is 1.57. The molecule has 2 atom stereocenters. The maximum atomic E-state index is 11.4. The molecule has 1 aromatic carbocycles. The lowest BCUT2D eigenvalue weighted by Crippen LogP contribution is -2.44. The summed E-state index contributed by atoms with van der Waals surface area (Å²) < 4.78 is 10.8. The highest BCUT2D eigenvalue weighted by Gasteiger charge is 2.52. The number of rotatable bonds is 4. The molecule has 0 saturated heterocycles. The van der Waals surface area contributed by atoms with Gasteiger partial charge in [-0.3, -0.25) is 9.59 Å². The second-order valence-corrected chi connectivity index (χ2v) is 4.53. The lowest BCUT2D eigenvalue weighted by molar-refractivity contribution is -0.158. The van der Waals surface area contributed by atoms with Crippen LogP contribution in [0.15, 0.2) is 30.4 Å². The summed E-state index contributed by atoms with van der Waals surface area (Å²) in [5, 5.41) is 0. The summed E-state index contributed by atoms with van der Waals surface area (Å²) in [4.78, 5) is 22.0. The first kappa shape index (κ1) is 13.3. The molecular formula is C15H16O4. The Morgan fingerprint density at radius 1 is 1.42 bits per heavy atom. The molecule has 0 heterocycles. The minimum absolute atomic E-state index is 0.0160. The van der Waals surface area contributed by atoms with E-state index in [9.17, 15) is 9.59 Å². The van der Waals surface area contributed by atoms with Crippen LogP contribution in [0.5, 0.6) is 5.75 Å². The highest BCUT2D eigenvalue weighted by Crippen LogP contribution is 2.56. The molecule has 1 aromatic rings. The van der Waals surface area contributed by atoms with Gasteiger partial charge in [-0.2, -0.15) is 0 Å². The number of benzene rings is 1. The van der Waals surface area contributed by atoms with Crippen LogP contribution in [0.2, 0.25) is 0 Å². The van der Waals surface area contributed by atoms with Crippen LogP contribution in [-0.4, -0.2) is 19.4 Å². The molecule has 2 rings (SSSR count). The SMILES string of the molecule is COc1cccc2c1[C@@](/C=C/C=O)(OC(C)=O)[C@H]2C. The van der Waals surface area contributed by atoms with Gasteiger partial charge in [0.05, 0.1) is 7.11 Å². The van der Waals surface area contributed by atoms with Gasteiger partial charge in [0.25, 0.3) is 0 Å². The lowest BCUT2D eigenvalue weighted by atomic mass is 9.64. The molecule has 0 N–H and O–H groups in total. The van der Waals surface area contributed by atoms with Gasteiger partial charge in [-0.05, 0) is 23.8 Å². The number of fused-ring (bicyclic) bond motifs is 1. The van der Waals surface area contributed by atoms with Gasteiger partial charge >= 0.3 is 5.97 Å². The standard InChI is InChI=1S/C15H16O4/c1-10-12-6-4-7-13(18-3)14(12)15(10,8-5-9-16)19-11(2)17/h4-10H,1-3H3/b8-5+/t10-,15-/m0/s1. The van der Waals surface area contributed by atoms with Crippen molar-refractivity contribution in [3.63, 3.8) is 0 Å². The van der Waals surface area contributed by atoms with Crippen LogP contribution < -0.4 is 4.74 Å². The van der Waals surface area contributed by atoms with E-state index in [2.05, 4.69) is 0 Å². The molecule has 0 amide bonds. The molecule has 4 heteroatoms. The monoisotopic (exact) mass is 260 g/mol. The molecule has 0 saturated carbocycles. The first-order valence-electron chi connectivity index (χ1n) is 6.06. The largest absolute Gasteiger partial charge is 0.496 e. The average Bonchev–Trinajstić information content (AvgIpc) is 2.41. The zero-order valence-electron chi connectivity index (χ0n) is 11.2. The molecule has 0 spiro atoms. The van der Waals surface area contributed by atoms with E-state index in [1.165, 1.54) is 13.0 Å². The van der Waals surface area contributed by atoms with Crippen molar-refractivity contribution in [1.82, 2.24) is 0 Å². The fraction of sp³-hybridized carbons (Fsp3) is 0.333. The highest BCUT2D eigenvalue weighted by molar-refractivity contribution is 5.72. The molecule has 1 aliphatic rings. The van der Waals surface area contributed by atoms with Crippen LogP contribution in [0.3, 0.4) is 0 Å². The van der Waals surface area contributed by atoms with Gasteiger partial charge in [0.1, 0.15) is 12.0 Å². The highest BCUT2D eigenvalue weighted by atomic mass is 16.6. The average molecular weight is 260 g/mol. The Morgan fingerprint density at radius 3 is 2.74 bits per heavy atom. The molecule has 0 aromatic heterocycles. The number of aldehydes is 1. The van der Waals surface area contributed by atoms with Crippen molar-refractivity contribution in [2.75, 3.05) is 7.11 Å². The van der Waals surface area contributed by atoms with E-state index in [1.54, 1.807) is 13.2 Å². The van der Waals surface area contributed by atoms with Crippen molar-refractivity contribution in [3.05, 3.63) is 41.5 Å². The summed E-state index contributed by atoms with van der Waals surface area (Å²) in [5.74, 6) is 0.254. The van der Waals surface area contributed by atoms with Gasteiger partial charge < -0.3 is 9.47 Å². The van der Waals surface area contributed by atoms with Gasteiger partial charge in [0, 0.05) is 18.4 Å². The molecular weight excluding hydrogens is 244 g/mol. The minimum Gasteiger partial charge on any atom is -0.496 e. The Morgan fingerprint density at radius 2 is 2.16 bits per heavy atom. The van der Waals surface area contributed by atoms with Crippen molar-refractivity contribution >= 4 is 12.3 Å².